The summed E-state index contributed by atoms with van der Waals surface area (Å²) in [7, 11) is 0. The lowest BCUT2D eigenvalue weighted by molar-refractivity contribution is -0.123. The zero-order valence-corrected chi connectivity index (χ0v) is 13.1. The average Bonchev–Trinajstić information content (AvgIpc) is 2.54. The van der Waals surface area contributed by atoms with E-state index in [9.17, 15) is 18.4 Å². The Morgan fingerprint density at radius 2 is 2.25 bits per heavy atom. The van der Waals surface area contributed by atoms with Gasteiger partial charge in [0.2, 0.25) is 5.91 Å². The summed E-state index contributed by atoms with van der Waals surface area (Å²) in [5, 5.41) is 5.62. The van der Waals surface area contributed by atoms with Crippen molar-refractivity contribution < 1.29 is 23.1 Å². The molecule has 1 fully saturated rings. The number of aryl methyl sites for hydroxylation is 1. The van der Waals surface area contributed by atoms with Crippen LogP contribution in [0.1, 0.15) is 30.0 Å². The van der Waals surface area contributed by atoms with E-state index in [1.807, 2.05) is 0 Å². The minimum atomic E-state index is -2.85. The van der Waals surface area contributed by atoms with Crippen LogP contribution in [-0.4, -0.2) is 43.1 Å². The second-order valence-electron chi connectivity index (χ2n) is 5.90. The number of nitrogens with one attached hydrogen (secondary N) is 2. The number of hydrogen-bond acceptors (Lipinski definition) is 3. The Kier molecular flexibility index (Phi) is 4.82. The predicted octanol–water partition coefficient (Wildman–Crippen LogP) is 1.81. The minimum absolute atomic E-state index is 0.0482. The van der Waals surface area contributed by atoms with E-state index < -0.39 is 6.61 Å². The number of carbonyl (C=O) groups is 2. The quantitative estimate of drug-likeness (QED) is 0.882. The molecule has 2 N–H and O–H groups in total. The number of halogens is 2. The van der Waals surface area contributed by atoms with E-state index in [-0.39, 0.29) is 30.3 Å². The van der Waals surface area contributed by atoms with Gasteiger partial charge in [-0.15, -0.1) is 0 Å². The molecule has 3 rings (SSSR count). The van der Waals surface area contributed by atoms with E-state index in [1.165, 1.54) is 11.0 Å². The Bertz CT molecular complexity index is 639. The molecule has 0 radical (unpaired) electrons. The van der Waals surface area contributed by atoms with E-state index in [4.69, 9.17) is 0 Å². The van der Waals surface area contributed by atoms with Gasteiger partial charge in [-0.1, -0.05) is 6.07 Å². The number of hydrogen-bond donors (Lipinski definition) is 2. The minimum Gasteiger partial charge on any atom is -0.435 e. The van der Waals surface area contributed by atoms with Gasteiger partial charge in [-0.3, -0.25) is 4.79 Å². The number of ether oxygens (including phenoxy) is 1. The predicted molar refractivity (Wildman–Crippen MR) is 81.9 cm³/mol. The fourth-order valence-corrected chi connectivity index (χ4v) is 3.17. The molecule has 8 heteroatoms. The van der Waals surface area contributed by atoms with Crippen molar-refractivity contribution in [2.45, 2.75) is 31.9 Å². The molecular formula is C16H19F2N3O3. The maximum atomic E-state index is 12.3. The molecule has 1 atom stereocenters. The second kappa shape index (κ2) is 7.02. The number of carbonyl (C=O) groups excluding carboxylic acids is 2. The van der Waals surface area contributed by atoms with Gasteiger partial charge in [0.1, 0.15) is 12.3 Å². The van der Waals surface area contributed by atoms with Crippen LogP contribution in [0.5, 0.6) is 5.75 Å². The van der Waals surface area contributed by atoms with E-state index in [0.29, 0.717) is 13.1 Å². The molecule has 0 aromatic heterocycles. The SMILES string of the molecule is O=C1CN(C(=O)NC2CCCc3cc(OC(F)F)ccc32)CCN1. The number of rotatable bonds is 3. The highest BCUT2D eigenvalue weighted by molar-refractivity contribution is 5.85. The third kappa shape index (κ3) is 3.74. The summed E-state index contributed by atoms with van der Waals surface area (Å²) >= 11 is 0. The van der Waals surface area contributed by atoms with Crippen molar-refractivity contribution in [3.8, 4) is 5.75 Å². The smallest absolute Gasteiger partial charge is 0.387 e. The Balaban J connectivity index is 1.70. The van der Waals surface area contributed by atoms with Crippen LogP contribution in [0, 0.1) is 0 Å². The summed E-state index contributed by atoms with van der Waals surface area (Å²) in [6, 6.07) is 4.35. The Morgan fingerprint density at radius 1 is 1.42 bits per heavy atom. The highest BCUT2D eigenvalue weighted by atomic mass is 19.3. The maximum absolute atomic E-state index is 12.3. The molecule has 1 unspecified atom stereocenters. The fraction of sp³-hybridized carbons (Fsp3) is 0.500. The standard InChI is InChI=1S/C16H19F2N3O3/c17-15(18)24-11-4-5-12-10(8-11)2-1-3-13(12)20-16(23)21-7-6-19-14(22)9-21/h4-5,8,13,15H,1-3,6-7,9H2,(H,19,22)(H,20,23). The first-order valence-electron chi connectivity index (χ1n) is 7.92. The topological polar surface area (TPSA) is 70.7 Å². The van der Waals surface area contributed by atoms with Crippen LogP contribution in [0.4, 0.5) is 13.6 Å². The van der Waals surface area contributed by atoms with Gasteiger partial charge >= 0.3 is 12.6 Å². The van der Waals surface area contributed by atoms with Crippen LogP contribution >= 0.6 is 0 Å². The highest BCUT2D eigenvalue weighted by Crippen LogP contribution is 2.32. The highest BCUT2D eigenvalue weighted by Gasteiger charge is 2.26. The molecule has 3 amide bonds. The summed E-state index contributed by atoms with van der Waals surface area (Å²) in [5.74, 6) is -0.0438. The van der Waals surface area contributed by atoms with E-state index >= 15 is 0 Å². The molecule has 1 aliphatic heterocycles. The molecule has 2 aliphatic rings. The third-order valence-electron chi connectivity index (χ3n) is 4.28. The number of nitrogens with zero attached hydrogens (tertiary/aromatic N) is 1. The van der Waals surface area contributed by atoms with E-state index in [1.54, 1.807) is 12.1 Å². The Hall–Kier alpha value is -2.38. The zero-order valence-electron chi connectivity index (χ0n) is 13.1. The average molecular weight is 339 g/mol. The van der Waals surface area contributed by atoms with Gasteiger partial charge < -0.3 is 20.3 Å². The summed E-state index contributed by atoms with van der Waals surface area (Å²) in [4.78, 5) is 25.2. The number of fused-ring (bicyclic) bond motifs is 1. The molecule has 0 spiro atoms. The van der Waals surface area contributed by atoms with Gasteiger partial charge in [0.05, 0.1) is 6.04 Å². The molecule has 1 aromatic rings. The summed E-state index contributed by atoms with van der Waals surface area (Å²) in [5.41, 5.74) is 1.82. The molecule has 6 nitrogen and oxygen atoms in total. The van der Waals surface area contributed by atoms with Crippen molar-refractivity contribution in [3.63, 3.8) is 0 Å². The molecule has 0 bridgehead atoms. The number of alkyl halides is 2. The van der Waals surface area contributed by atoms with Crippen LogP contribution in [0.15, 0.2) is 18.2 Å². The van der Waals surface area contributed by atoms with Crippen LogP contribution in [-0.2, 0) is 11.2 Å². The van der Waals surface area contributed by atoms with E-state index in [0.717, 1.165) is 30.4 Å². The van der Waals surface area contributed by atoms with Gasteiger partial charge in [-0.05, 0) is 42.5 Å². The fourth-order valence-electron chi connectivity index (χ4n) is 3.17. The Labute approximate surface area is 138 Å². The number of piperazine rings is 1. The second-order valence-corrected chi connectivity index (χ2v) is 5.90. The zero-order chi connectivity index (χ0) is 17.1. The molecule has 130 valence electrons. The molecule has 1 aliphatic carbocycles. The number of urea groups is 1. The summed E-state index contributed by atoms with van der Waals surface area (Å²) in [6.45, 7) is -1.89. The van der Waals surface area contributed by atoms with Crippen molar-refractivity contribution in [2.75, 3.05) is 19.6 Å². The number of benzene rings is 1. The first kappa shape index (κ1) is 16.5. The first-order valence-corrected chi connectivity index (χ1v) is 7.92. The van der Waals surface area contributed by atoms with Crippen LogP contribution in [0.2, 0.25) is 0 Å². The van der Waals surface area contributed by atoms with Crippen LogP contribution in [0.3, 0.4) is 0 Å². The van der Waals surface area contributed by atoms with Gasteiger partial charge in [-0.25, -0.2) is 4.79 Å². The monoisotopic (exact) mass is 339 g/mol. The van der Waals surface area contributed by atoms with Crippen LogP contribution < -0.4 is 15.4 Å². The van der Waals surface area contributed by atoms with Crippen molar-refractivity contribution in [1.29, 1.82) is 0 Å². The van der Waals surface area contributed by atoms with Crippen molar-refractivity contribution in [1.82, 2.24) is 15.5 Å². The van der Waals surface area contributed by atoms with Crippen molar-refractivity contribution in [3.05, 3.63) is 29.3 Å². The van der Waals surface area contributed by atoms with E-state index in [2.05, 4.69) is 15.4 Å². The maximum Gasteiger partial charge on any atom is 0.387 e. The summed E-state index contributed by atoms with van der Waals surface area (Å²) < 4.78 is 29.1. The van der Waals surface area contributed by atoms with Gasteiger partial charge in [0.15, 0.2) is 0 Å². The lowest BCUT2D eigenvalue weighted by Crippen LogP contribution is -2.53. The largest absolute Gasteiger partial charge is 0.435 e. The summed E-state index contributed by atoms with van der Waals surface area (Å²) in [6.07, 6.45) is 2.37. The normalized spacial score (nSPS) is 20.4. The molecular weight excluding hydrogens is 320 g/mol. The number of amides is 3. The van der Waals surface area contributed by atoms with Crippen molar-refractivity contribution >= 4 is 11.9 Å². The molecule has 1 heterocycles. The first-order chi connectivity index (χ1) is 11.5. The van der Waals surface area contributed by atoms with Crippen molar-refractivity contribution in [2.24, 2.45) is 0 Å². The Morgan fingerprint density at radius 3 is 3.00 bits per heavy atom. The third-order valence-corrected chi connectivity index (χ3v) is 4.28. The molecule has 24 heavy (non-hydrogen) atoms. The van der Waals surface area contributed by atoms with Crippen LogP contribution in [0.25, 0.3) is 0 Å². The van der Waals surface area contributed by atoms with Gasteiger partial charge in [0, 0.05) is 13.1 Å². The molecule has 1 saturated heterocycles. The van der Waals surface area contributed by atoms with Gasteiger partial charge in [0.25, 0.3) is 0 Å². The molecule has 0 saturated carbocycles. The van der Waals surface area contributed by atoms with Gasteiger partial charge in [-0.2, -0.15) is 8.78 Å². The molecule has 1 aromatic carbocycles. The lowest BCUT2D eigenvalue weighted by atomic mass is 9.87. The lowest BCUT2D eigenvalue weighted by Gasteiger charge is -2.31.